The van der Waals surface area contributed by atoms with Gasteiger partial charge in [-0.1, -0.05) is 24.3 Å². The fourth-order valence-electron chi connectivity index (χ4n) is 5.07. The molecule has 0 amide bonds. The van der Waals surface area contributed by atoms with E-state index >= 15 is 0 Å². The summed E-state index contributed by atoms with van der Waals surface area (Å²) in [5.41, 5.74) is 3.77. The Morgan fingerprint density at radius 3 is 2.66 bits per heavy atom. The van der Waals surface area contributed by atoms with Gasteiger partial charge in [0, 0.05) is 28.7 Å². The zero-order valence-corrected chi connectivity index (χ0v) is 20.4. The summed E-state index contributed by atoms with van der Waals surface area (Å²) >= 11 is 0. The second kappa shape index (κ2) is 10.2. The van der Waals surface area contributed by atoms with Crippen LogP contribution in [-0.4, -0.2) is 54.5 Å². The first-order valence-corrected chi connectivity index (χ1v) is 12.0. The first-order chi connectivity index (χ1) is 16.6. The highest BCUT2D eigenvalue weighted by molar-refractivity contribution is 5.85. The average Bonchev–Trinajstić information content (AvgIpc) is 3.14. The number of alkyl halides is 4. The molecule has 2 heterocycles. The summed E-state index contributed by atoms with van der Waals surface area (Å²) in [6, 6.07) is 12.9. The van der Waals surface area contributed by atoms with Crippen molar-refractivity contribution in [3.05, 3.63) is 64.8 Å². The monoisotopic (exact) mass is 491 g/mol. The minimum absolute atomic E-state index is 0.364. The standard InChI is InChI=1S/C27H33F4N3O/c1-18-9-10-19(35-14-13-32-12-6-11-28)15-21(18)25-24-22(20-7-4-5-8-23(20)33-24)16-26(2,3)34(25)17-27(29,30)31/h4-5,7-10,15,25,32-33H,6,11-14,16-17H2,1-3H3/t25-/m1/s1. The van der Waals surface area contributed by atoms with E-state index in [1.165, 1.54) is 0 Å². The molecule has 190 valence electrons. The van der Waals surface area contributed by atoms with E-state index in [-0.39, 0.29) is 6.67 Å². The Morgan fingerprint density at radius 2 is 1.91 bits per heavy atom. The third-order valence-electron chi connectivity index (χ3n) is 6.75. The van der Waals surface area contributed by atoms with E-state index in [4.69, 9.17) is 4.74 Å². The maximum Gasteiger partial charge on any atom is 0.401 e. The number of fused-ring (bicyclic) bond motifs is 3. The zero-order valence-electron chi connectivity index (χ0n) is 20.4. The molecule has 0 bridgehead atoms. The van der Waals surface area contributed by atoms with Crippen LogP contribution in [-0.2, 0) is 6.42 Å². The largest absolute Gasteiger partial charge is 0.492 e. The Morgan fingerprint density at radius 1 is 1.14 bits per heavy atom. The number of rotatable bonds is 9. The summed E-state index contributed by atoms with van der Waals surface area (Å²) in [6.07, 6.45) is -3.38. The number of hydrogen-bond acceptors (Lipinski definition) is 3. The van der Waals surface area contributed by atoms with Crippen LogP contribution in [0.2, 0.25) is 0 Å². The molecule has 2 aromatic carbocycles. The molecule has 1 aliphatic heterocycles. The summed E-state index contributed by atoms with van der Waals surface area (Å²) < 4.78 is 59.6. The highest BCUT2D eigenvalue weighted by atomic mass is 19.4. The van der Waals surface area contributed by atoms with Gasteiger partial charge >= 0.3 is 6.18 Å². The Bertz CT molecular complexity index is 1160. The third kappa shape index (κ3) is 5.64. The fourth-order valence-corrected chi connectivity index (χ4v) is 5.07. The van der Waals surface area contributed by atoms with Crippen molar-refractivity contribution in [2.45, 2.75) is 51.4 Å². The van der Waals surface area contributed by atoms with Crippen LogP contribution in [0.3, 0.4) is 0 Å². The lowest BCUT2D eigenvalue weighted by Gasteiger charge is -2.48. The minimum atomic E-state index is -4.34. The van der Waals surface area contributed by atoms with Gasteiger partial charge in [-0.2, -0.15) is 13.2 Å². The molecule has 0 radical (unpaired) electrons. The molecule has 0 fully saturated rings. The van der Waals surface area contributed by atoms with Gasteiger partial charge in [0.15, 0.2) is 0 Å². The number of hydrogen-bond donors (Lipinski definition) is 2. The summed E-state index contributed by atoms with van der Waals surface area (Å²) in [7, 11) is 0. The van der Waals surface area contributed by atoms with Crippen molar-refractivity contribution in [2.24, 2.45) is 0 Å². The van der Waals surface area contributed by atoms with Gasteiger partial charge in [0.1, 0.15) is 12.4 Å². The minimum Gasteiger partial charge on any atom is -0.492 e. The van der Waals surface area contributed by atoms with Crippen molar-refractivity contribution in [2.75, 3.05) is 32.9 Å². The first kappa shape index (κ1) is 25.5. The number of aryl methyl sites for hydroxylation is 1. The molecule has 3 aromatic rings. The highest BCUT2D eigenvalue weighted by Crippen LogP contribution is 2.47. The van der Waals surface area contributed by atoms with E-state index in [1.54, 1.807) is 4.90 Å². The molecule has 1 aromatic heterocycles. The van der Waals surface area contributed by atoms with E-state index in [1.807, 2.05) is 63.2 Å². The van der Waals surface area contributed by atoms with Gasteiger partial charge in [0.25, 0.3) is 0 Å². The number of nitrogens with zero attached hydrogens (tertiary/aromatic N) is 1. The van der Waals surface area contributed by atoms with E-state index in [2.05, 4.69) is 10.3 Å². The summed E-state index contributed by atoms with van der Waals surface area (Å²) in [5, 5.41) is 4.17. The summed E-state index contributed by atoms with van der Waals surface area (Å²) in [4.78, 5) is 5.01. The van der Waals surface area contributed by atoms with Crippen molar-refractivity contribution in [1.82, 2.24) is 15.2 Å². The Kier molecular flexibility index (Phi) is 7.43. The second-order valence-electron chi connectivity index (χ2n) is 9.86. The number of benzene rings is 2. The molecule has 0 saturated carbocycles. The van der Waals surface area contributed by atoms with Crippen LogP contribution in [0, 0.1) is 6.92 Å². The number of ether oxygens (including phenoxy) is 1. The summed E-state index contributed by atoms with van der Waals surface area (Å²) in [6.45, 7) is 5.84. The predicted octanol–water partition coefficient (Wildman–Crippen LogP) is 6.09. The Labute approximate surface area is 203 Å². The predicted molar refractivity (Wildman–Crippen MR) is 131 cm³/mol. The number of aromatic nitrogens is 1. The molecule has 2 N–H and O–H groups in total. The number of aromatic amines is 1. The summed E-state index contributed by atoms with van der Waals surface area (Å²) in [5.74, 6) is 0.603. The van der Waals surface area contributed by atoms with Gasteiger partial charge in [-0.15, -0.1) is 0 Å². The lowest BCUT2D eigenvalue weighted by atomic mass is 9.80. The first-order valence-electron chi connectivity index (χ1n) is 12.0. The number of nitrogens with one attached hydrogen (secondary N) is 2. The van der Waals surface area contributed by atoms with Crippen molar-refractivity contribution >= 4 is 10.9 Å². The highest BCUT2D eigenvalue weighted by Gasteiger charge is 2.47. The van der Waals surface area contributed by atoms with E-state index < -0.39 is 24.3 Å². The van der Waals surface area contributed by atoms with Crippen molar-refractivity contribution < 1.29 is 22.3 Å². The topological polar surface area (TPSA) is 40.3 Å². The molecule has 8 heteroatoms. The van der Waals surface area contributed by atoms with Gasteiger partial charge in [-0.25, -0.2) is 0 Å². The number of H-pyrrole nitrogens is 1. The van der Waals surface area contributed by atoms with E-state index in [0.717, 1.165) is 33.3 Å². The van der Waals surface area contributed by atoms with Crippen LogP contribution in [0.1, 0.15) is 48.7 Å². The smallest absolute Gasteiger partial charge is 0.401 e. The van der Waals surface area contributed by atoms with E-state index in [0.29, 0.717) is 38.3 Å². The fraction of sp³-hybridized carbons (Fsp3) is 0.481. The van der Waals surface area contributed by atoms with Crippen LogP contribution in [0.15, 0.2) is 42.5 Å². The number of halogens is 4. The maximum atomic E-state index is 13.8. The van der Waals surface area contributed by atoms with Crippen LogP contribution >= 0.6 is 0 Å². The van der Waals surface area contributed by atoms with Crippen molar-refractivity contribution in [1.29, 1.82) is 0 Å². The second-order valence-corrected chi connectivity index (χ2v) is 9.86. The Balaban J connectivity index is 1.73. The maximum absolute atomic E-state index is 13.8. The molecule has 1 atom stereocenters. The van der Waals surface area contributed by atoms with E-state index in [9.17, 15) is 17.6 Å². The normalized spacial score (nSPS) is 18.1. The molecule has 0 aliphatic carbocycles. The van der Waals surface area contributed by atoms with Gasteiger partial charge < -0.3 is 15.0 Å². The van der Waals surface area contributed by atoms with Crippen LogP contribution in [0.25, 0.3) is 10.9 Å². The van der Waals surface area contributed by atoms with Gasteiger partial charge in [0.2, 0.25) is 0 Å². The molecular formula is C27H33F4N3O. The van der Waals surface area contributed by atoms with Gasteiger partial charge in [-0.05, 0) is 75.0 Å². The molecule has 0 saturated heterocycles. The Hall–Kier alpha value is -2.58. The van der Waals surface area contributed by atoms with Crippen LogP contribution < -0.4 is 10.1 Å². The molecule has 35 heavy (non-hydrogen) atoms. The molecule has 4 nitrogen and oxygen atoms in total. The molecule has 0 unspecified atom stereocenters. The van der Waals surface area contributed by atoms with Gasteiger partial charge in [0.05, 0.1) is 19.3 Å². The molecule has 4 rings (SSSR count). The van der Waals surface area contributed by atoms with Crippen molar-refractivity contribution in [3.8, 4) is 5.75 Å². The molecule has 1 aliphatic rings. The lowest BCUT2D eigenvalue weighted by Crippen LogP contribution is -2.54. The zero-order chi connectivity index (χ0) is 25.2. The molecular weight excluding hydrogens is 458 g/mol. The average molecular weight is 492 g/mol. The SMILES string of the molecule is Cc1ccc(OCCNCCCF)cc1[C@@H]1c2[nH]c3ccccc3c2CC(C)(C)N1CC(F)(F)F. The van der Waals surface area contributed by atoms with Crippen molar-refractivity contribution in [3.63, 3.8) is 0 Å². The molecule has 0 spiro atoms. The quantitative estimate of drug-likeness (QED) is 0.281. The van der Waals surface area contributed by atoms with Crippen LogP contribution in [0.4, 0.5) is 17.6 Å². The van der Waals surface area contributed by atoms with Gasteiger partial charge in [-0.3, -0.25) is 9.29 Å². The number of para-hydroxylation sites is 1. The lowest BCUT2D eigenvalue weighted by molar-refractivity contribution is -0.164. The third-order valence-corrected chi connectivity index (χ3v) is 6.75. The van der Waals surface area contributed by atoms with Crippen LogP contribution in [0.5, 0.6) is 5.75 Å².